The summed E-state index contributed by atoms with van der Waals surface area (Å²) < 4.78 is 0. The number of nitrogens with one attached hydrogen (secondary N) is 1. The maximum atomic E-state index is 3.50. The summed E-state index contributed by atoms with van der Waals surface area (Å²) >= 11 is 0. The van der Waals surface area contributed by atoms with Crippen LogP contribution in [0.25, 0.3) is 0 Å². The summed E-state index contributed by atoms with van der Waals surface area (Å²) in [5.41, 5.74) is 5.95. The van der Waals surface area contributed by atoms with E-state index in [-0.39, 0.29) is 0 Å². The topological polar surface area (TPSA) is 12.0 Å². The van der Waals surface area contributed by atoms with E-state index in [1.54, 1.807) is 5.57 Å². The van der Waals surface area contributed by atoms with Crippen molar-refractivity contribution in [3.8, 4) is 0 Å². The van der Waals surface area contributed by atoms with Crippen LogP contribution in [0.2, 0.25) is 0 Å². The van der Waals surface area contributed by atoms with Crippen LogP contribution in [0.15, 0.2) is 29.8 Å². The van der Waals surface area contributed by atoms with Crippen LogP contribution in [0.3, 0.4) is 0 Å². The Kier molecular flexibility index (Phi) is 5.21. The lowest BCUT2D eigenvalue weighted by Gasteiger charge is -2.21. The van der Waals surface area contributed by atoms with Gasteiger partial charge in [0.25, 0.3) is 0 Å². The van der Waals surface area contributed by atoms with Crippen LogP contribution in [0.5, 0.6) is 0 Å². The third-order valence-corrected chi connectivity index (χ3v) is 4.27. The van der Waals surface area contributed by atoms with Crippen LogP contribution in [0.4, 0.5) is 0 Å². The van der Waals surface area contributed by atoms with Gasteiger partial charge >= 0.3 is 0 Å². The molecule has 1 atom stereocenters. The largest absolute Gasteiger partial charge is 0.316 e. The summed E-state index contributed by atoms with van der Waals surface area (Å²) in [4.78, 5) is 0. The van der Waals surface area contributed by atoms with E-state index in [2.05, 4.69) is 50.5 Å². The lowest BCUT2D eigenvalue weighted by atomic mass is 9.90. The SMILES string of the molecule is CNC(CC1=CCCCC1)Cc1cc(C)ccc1C. The Morgan fingerprint density at radius 1 is 1.16 bits per heavy atom. The average molecular weight is 257 g/mol. The second-order valence-corrected chi connectivity index (χ2v) is 5.93. The van der Waals surface area contributed by atoms with Crippen LogP contribution in [0, 0.1) is 13.8 Å². The molecule has 1 N–H and O–H groups in total. The predicted octanol–water partition coefficient (Wildman–Crippen LogP) is 4.32. The quantitative estimate of drug-likeness (QED) is 0.774. The lowest BCUT2D eigenvalue weighted by Crippen LogP contribution is -2.28. The van der Waals surface area contributed by atoms with Gasteiger partial charge in [-0.25, -0.2) is 0 Å². The number of rotatable bonds is 5. The van der Waals surface area contributed by atoms with E-state index < -0.39 is 0 Å². The fourth-order valence-electron chi connectivity index (χ4n) is 2.97. The molecule has 0 bridgehead atoms. The molecule has 0 fully saturated rings. The molecule has 1 heteroatoms. The van der Waals surface area contributed by atoms with Gasteiger partial charge in [-0.1, -0.05) is 35.4 Å². The number of allylic oxidation sites excluding steroid dienone is 1. The summed E-state index contributed by atoms with van der Waals surface area (Å²) in [5, 5.41) is 3.50. The minimum atomic E-state index is 0.574. The molecule has 19 heavy (non-hydrogen) atoms. The van der Waals surface area contributed by atoms with Crippen molar-refractivity contribution < 1.29 is 0 Å². The number of benzene rings is 1. The molecule has 0 aromatic heterocycles. The van der Waals surface area contributed by atoms with Crippen molar-refractivity contribution in [1.29, 1.82) is 0 Å². The van der Waals surface area contributed by atoms with Crippen LogP contribution in [-0.4, -0.2) is 13.1 Å². The molecule has 1 nitrogen and oxygen atoms in total. The summed E-state index contributed by atoms with van der Waals surface area (Å²) in [7, 11) is 2.10. The van der Waals surface area contributed by atoms with Gasteiger partial charge in [-0.2, -0.15) is 0 Å². The highest BCUT2D eigenvalue weighted by molar-refractivity contribution is 5.31. The molecule has 1 aliphatic rings. The highest BCUT2D eigenvalue weighted by Gasteiger charge is 2.13. The highest BCUT2D eigenvalue weighted by atomic mass is 14.9. The van der Waals surface area contributed by atoms with Gasteiger partial charge in [0, 0.05) is 6.04 Å². The molecule has 104 valence electrons. The zero-order valence-electron chi connectivity index (χ0n) is 12.6. The zero-order chi connectivity index (χ0) is 13.7. The standard InChI is InChI=1S/C18H27N/c1-14-9-10-15(2)17(11-14)13-18(19-3)12-16-7-5-4-6-8-16/h7,9-11,18-19H,4-6,8,12-13H2,1-3H3. The number of aryl methyl sites for hydroxylation is 2. The Bertz CT molecular complexity index is 445. The molecule has 0 aliphatic heterocycles. The monoisotopic (exact) mass is 257 g/mol. The number of hydrogen-bond donors (Lipinski definition) is 1. The van der Waals surface area contributed by atoms with Crippen molar-refractivity contribution in [2.45, 2.75) is 58.4 Å². The first kappa shape index (κ1) is 14.3. The highest BCUT2D eigenvalue weighted by Crippen LogP contribution is 2.23. The van der Waals surface area contributed by atoms with Gasteiger partial charge in [-0.15, -0.1) is 0 Å². The van der Waals surface area contributed by atoms with Gasteiger partial charge in [0.1, 0.15) is 0 Å². The van der Waals surface area contributed by atoms with Crippen LogP contribution in [0.1, 0.15) is 48.8 Å². The van der Waals surface area contributed by atoms with Crippen molar-refractivity contribution in [3.05, 3.63) is 46.5 Å². The number of likely N-dealkylation sites (N-methyl/N-ethyl adjacent to an activating group) is 1. The summed E-state index contributed by atoms with van der Waals surface area (Å²) in [6.07, 6.45) is 10.2. The predicted molar refractivity (Wildman–Crippen MR) is 83.6 cm³/mol. The molecule has 0 radical (unpaired) electrons. The van der Waals surface area contributed by atoms with Crippen LogP contribution in [-0.2, 0) is 6.42 Å². The first-order valence-corrected chi connectivity index (χ1v) is 7.60. The van der Waals surface area contributed by atoms with Gasteiger partial charge in [0.2, 0.25) is 0 Å². The van der Waals surface area contributed by atoms with E-state index in [9.17, 15) is 0 Å². The lowest BCUT2D eigenvalue weighted by molar-refractivity contribution is 0.531. The molecule has 1 aromatic carbocycles. The average Bonchev–Trinajstić information content (AvgIpc) is 2.43. The summed E-state index contributed by atoms with van der Waals surface area (Å²) in [6.45, 7) is 4.41. The van der Waals surface area contributed by atoms with Gasteiger partial charge < -0.3 is 5.32 Å². The first-order valence-electron chi connectivity index (χ1n) is 7.60. The van der Waals surface area contributed by atoms with E-state index >= 15 is 0 Å². The van der Waals surface area contributed by atoms with Crippen LogP contribution < -0.4 is 5.32 Å². The smallest absolute Gasteiger partial charge is 0.0142 e. The van der Waals surface area contributed by atoms with Crippen molar-refractivity contribution in [3.63, 3.8) is 0 Å². The molecular weight excluding hydrogens is 230 g/mol. The van der Waals surface area contributed by atoms with Crippen molar-refractivity contribution >= 4 is 0 Å². The molecule has 0 saturated heterocycles. The van der Waals surface area contributed by atoms with Crippen molar-refractivity contribution in [2.75, 3.05) is 7.05 Å². The molecule has 1 unspecified atom stereocenters. The van der Waals surface area contributed by atoms with E-state index in [1.165, 1.54) is 48.8 Å². The maximum absolute atomic E-state index is 3.50. The van der Waals surface area contributed by atoms with E-state index in [4.69, 9.17) is 0 Å². The molecule has 1 aromatic rings. The Balaban J connectivity index is 2.02. The zero-order valence-corrected chi connectivity index (χ0v) is 12.6. The second kappa shape index (κ2) is 6.91. The third kappa shape index (κ3) is 4.21. The van der Waals surface area contributed by atoms with E-state index in [0.717, 1.165) is 6.42 Å². The Morgan fingerprint density at radius 2 is 2.00 bits per heavy atom. The van der Waals surface area contributed by atoms with Crippen LogP contribution >= 0.6 is 0 Å². The van der Waals surface area contributed by atoms with Crippen molar-refractivity contribution in [2.24, 2.45) is 0 Å². The van der Waals surface area contributed by atoms with Crippen molar-refractivity contribution in [1.82, 2.24) is 5.32 Å². The molecule has 0 spiro atoms. The Hall–Kier alpha value is -1.08. The summed E-state index contributed by atoms with van der Waals surface area (Å²) in [6, 6.07) is 7.37. The van der Waals surface area contributed by atoms with Gasteiger partial charge in [-0.05, 0) is 70.5 Å². The molecule has 2 rings (SSSR count). The maximum Gasteiger partial charge on any atom is 0.0142 e. The normalized spacial score (nSPS) is 17.1. The van der Waals surface area contributed by atoms with Gasteiger partial charge in [-0.3, -0.25) is 0 Å². The van der Waals surface area contributed by atoms with Gasteiger partial charge in [0.15, 0.2) is 0 Å². The molecule has 0 amide bonds. The molecular formula is C18H27N. The molecule has 1 aliphatic carbocycles. The molecule has 0 saturated carbocycles. The van der Waals surface area contributed by atoms with E-state index in [1.807, 2.05) is 0 Å². The minimum Gasteiger partial charge on any atom is -0.316 e. The molecule has 0 heterocycles. The minimum absolute atomic E-state index is 0.574. The first-order chi connectivity index (χ1) is 9.19. The fraction of sp³-hybridized carbons (Fsp3) is 0.556. The summed E-state index contributed by atoms with van der Waals surface area (Å²) in [5.74, 6) is 0. The Morgan fingerprint density at radius 3 is 2.68 bits per heavy atom. The number of hydrogen-bond acceptors (Lipinski definition) is 1. The fourth-order valence-corrected chi connectivity index (χ4v) is 2.97. The van der Waals surface area contributed by atoms with Gasteiger partial charge in [0.05, 0.1) is 0 Å². The Labute approximate surface area is 118 Å². The second-order valence-electron chi connectivity index (χ2n) is 5.93. The van der Waals surface area contributed by atoms with E-state index in [0.29, 0.717) is 6.04 Å². The third-order valence-electron chi connectivity index (χ3n) is 4.27.